The van der Waals surface area contributed by atoms with E-state index >= 15 is 0 Å². The van der Waals surface area contributed by atoms with Gasteiger partial charge in [0.05, 0.1) is 10.9 Å². The molecule has 3 nitrogen and oxygen atoms in total. The lowest BCUT2D eigenvalue weighted by Gasteiger charge is -2.38. The molecular formula is C10H18N2OS. The Hall–Kier alpha value is -0.640. The molecule has 0 bridgehead atoms. The van der Waals surface area contributed by atoms with Gasteiger partial charge in [-0.05, 0) is 25.2 Å². The molecule has 1 atom stereocenters. The van der Waals surface area contributed by atoms with E-state index in [4.69, 9.17) is 18.0 Å². The van der Waals surface area contributed by atoms with Crippen LogP contribution in [0.2, 0.25) is 0 Å². The number of thiocarbonyl (C=S) groups is 1. The van der Waals surface area contributed by atoms with Crippen molar-refractivity contribution in [2.24, 2.45) is 17.1 Å². The fraction of sp³-hybridized carbons (Fsp3) is 0.800. The lowest BCUT2D eigenvalue weighted by atomic mass is 9.70. The Morgan fingerprint density at radius 3 is 2.57 bits per heavy atom. The molecule has 0 aromatic carbocycles. The number of rotatable bonds is 4. The summed E-state index contributed by atoms with van der Waals surface area (Å²) in [7, 11) is 0. The monoisotopic (exact) mass is 214 g/mol. The number of nitrogens with two attached hydrogens (primary N) is 1. The summed E-state index contributed by atoms with van der Waals surface area (Å²) in [4.78, 5) is 11.8. The van der Waals surface area contributed by atoms with Gasteiger partial charge < -0.3 is 11.1 Å². The maximum atomic E-state index is 11.5. The van der Waals surface area contributed by atoms with Crippen LogP contribution in [-0.2, 0) is 4.79 Å². The van der Waals surface area contributed by atoms with Crippen LogP contribution in [0, 0.1) is 11.3 Å². The molecule has 0 spiro atoms. The zero-order valence-electron chi connectivity index (χ0n) is 8.80. The van der Waals surface area contributed by atoms with Crippen molar-refractivity contribution in [2.45, 2.75) is 33.1 Å². The summed E-state index contributed by atoms with van der Waals surface area (Å²) in [6.45, 7) is 4.68. The van der Waals surface area contributed by atoms with Crippen LogP contribution in [0.5, 0.6) is 0 Å². The maximum Gasteiger partial charge on any atom is 0.229 e. The van der Waals surface area contributed by atoms with Gasteiger partial charge in [-0.25, -0.2) is 0 Å². The van der Waals surface area contributed by atoms with Crippen molar-refractivity contribution < 1.29 is 4.79 Å². The summed E-state index contributed by atoms with van der Waals surface area (Å²) < 4.78 is 0. The van der Waals surface area contributed by atoms with Crippen molar-refractivity contribution in [3.8, 4) is 0 Å². The highest BCUT2D eigenvalue weighted by molar-refractivity contribution is 7.80. The molecule has 1 unspecified atom stereocenters. The molecule has 0 radical (unpaired) electrons. The van der Waals surface area contributed by atoms with Crippen LogP contribution in [0.15, 0.2) is 0 Å². The lowest BCUT2D eigenvalue weighted by Crippen LogP contribution is -2.43. The summed E-state index contributed by atoms with van der Waals surface area (Å²) in [5, 5.41) is 2.90. The van der Waals surface area contributed by atoms with Crippen LogP contribution >= 0.6 is 12.2 Å². The number of hydrogen-bond acceptors (Lipinski definition) is 2. The average molecular weight is 214 g/mol. The largest absolute Gasteiger partial charge is 0.393 e. The van der Waals surface area contributed by atoms with E-state index in [9.17, 15) is 4.79 Å². The molecule has 80 valence electrons. The molecule has 1 aliphatic carbocycles. The summed E-state index contributed by atoms with van der Waals surface area (Å²) in [5.74, 6) is -0.403. The van der Waals surface area contributed by atoms with E-state index < -0.39 is 0 Å². The highest BCUT2D eigenvalue weighted by Gasteiger charge is 2.32. The van der Waals surface area contributed by atoms with Crippen LogP contribution in [0.3, 0.4) is 0 Å². The molecule has 3 N–H and O–H groups in total. The van der Waals surface area contributed by atoms with E-state index in [2.05, 4.69) is 12.2 Å². The van der Waals surface area contributed by atoms with E-state index in [-0.39, 0.29) is 16.8 Å². The molecule has 1 amide bonds. The van der Waals surface area contributed by atoms with Gasteiger partial charge in [-0.15, -0.1) is 0 Å². The minimum Gasteiger partial charge on any atom is -0.393 e. The molecule has 14 heavy (non-hydrogen) atoms. The van der Waals surface area contributed by atoms with Crippen molar-refractivity contribution >= 4 is 23.1 Å². The van der Waals surface area contributed by atoms with Gasteiger partial charge in [0.2, 0.25) is 5.91 Å². The topological polar surface area (TPSA) is 55.1 Å². The van der Waals surface area contributed by atoms with Gasteiger partial charge in [-0.3, -0.25) is 4.79 Å². The standard InChI is InChI=1S/C10H18N2OS/c1-7(8(11)14)9(13)12-6-10(2)4-3-5-10/h7H,3-6H2,1-2H3,(H2,11,14)(H,12,13). The van der Waals surface area contributed by atoms with Gasteiger partial charge in [0.15, 0.2) is 0 Å². The molecule has 1 rings (SSSR count). The molecule has 0 heterocycles. The Bertz CT molecular complexity index is 249. The molecule has 1 fully saturated rings. The lowest BCUT2D eigenvalue weighted by molar-refractivity contribution is -0.123. The van der Waals surface area contributed by atoms with Crippen molar-refractivity contribution in [1.29, 1.82) is 0 Å². The van der Waals surface area contributed by atoms with E-state index in [0.29, 0.717) is 5.41 Å². The van der Waals surface area contributed by atoms with Crippen LogP contribution < -0.4 is 11.1 Å². The molecule has 0 aliphatic heterocycles. The van der Waals surface area contributed by atoms with Gasteiger partial charge in [0.1, 0.15) is 0 Å². The third-order valence-electron chi connectivity index (χ3n) is 3.07. The summed E-state index contributed by atoms with van der Waals surface area (Å²) in [6.07, 6.45) is 3.68. The second kappa shape index (κ2) is 4.26. The SMILES string of the molecule is CC(C(=O)NCC1(C)CCC1)C(N)=S. The second-order valence-corrected chi connectivity index (χ2v) is 4.98. The number of carbonyl (C=O) groups is 1. The molecule has 0 aromatic heterocycles. The molecule has 1 saturated carbocycles. The minimum absolute atomic E-state index is 0.0503. The van der Waals surface area contributed by atoms with Crippen molar-refractivity contribution in [3.05, 3.63) is 0 Å². The zero-order valence-corrected chi connectivity index (χ0v) is 9.62. The van der Waals surface area contributed by atoms with Gasteiger partial charge in [-0.1, -0.05) is 25.6 Å². The molecule has 4 heteroatoms. The Morgan fingerprint density at radius 2 is 2.21 bits per heavy atom. The fourth-order valence-electron chi connectivity index (χ4n) is 1.54. The van der Waals surface area contributed by atoms with Crippen molar-refractivity contribution in [2.75, 3.05) is 6.54 Å². The third kappa shape index (κ3) is 2.67. The molecule has 0 aromatic rings. The molecule has 0 saturated heterocycles. The Labute approximate surface area is 90.4 Å². The first-order valence-electron chi connectivity index (χ1n) is 5.02. The average Bonchev–Trinajstić information content (AvgIpc) is 2.09. The van der Waals surface area contributed by atoms with E-state index in [1.54, 1.807) is 6.92 Å². The minimum atomic E-state index is -0.353. The first-order chi connectivity index (χ1) is 6.44. The summed E-state index contributed by atoms with van der Waals surface area (Å²) in [5.41, 5.74) is 5.70. The van der Waals surface area contributed by atoms with Crippen molar-refractivity contribution in [1.82, 2.24) is 5.32 Å². The Balaban J connectivity index is 2.30. The predicted octanol–water partition coefficient (Wildman–Crippen LogP) is 1.22. The number of nitrogens with one attached hydrogen (secondary N) is 1. The van der Waals surface area contributed by atoms with E-state index in [0.717, 1.165) is 6.54 Å². The predicted molar refractivity (Wildman–Crippen MR) is 60.9 cm³/mol. The molecule has 1 aliphatic rings. The van der Waals surface area contributed by atoms with Crippen LogP contribution in [0.25, 0.3) is 0 Å². The van der Waals surface area contributed by atoms with Crippen LogP contribution in [-0.4, -0.2) is 17.4 Å². The zero-order chi connectivity index (χ0) is 10.8. The maximum absolute atomic E-state index is 11.5. The van der Waals surface area contributed by atoms with Gasteiger partial charge in [-0.2, -0.15) is 0 Å². The van der Waals surface area contributed by atoms with Crippen LogP contribution in [0.1, 0.15) is 33.1 Å². The first kappa shape index (κ1) is 11.4. The van der Waals surface area contributed by atoms with Gasteiger partial charge >= 0.3 is 0 Å². The number of carbonyl (C=O) groups excluding carboxylic acids is 1. The Morgan fingerprint density at radius 1 is 1.64 bits per heavy atom. The Kier molecular flexibility index (Phi) is 3.48. The highest BCUT2D eigenvalue weighted by Crippen LogP contribution is 2.39. The molecular weight excluding hydrogens is 196 g/mol. The number of amides is 1. The van der Waals surface area contributed by atoms with Crippen LogP contribution in [0.4, 0.5) is 0 Å². The fourth-order valence-corrected chi connectivity index (χ4v) is 1.65. The summed E-state index contributed by atoms with van der Waals surface area (Å²) in [6, 6.07) is 0. The van der Waals surface area contributed by atoms with E-state index in [1.165, 1.54) is 19.3 Å². The third-order valence-corrected chi connectivity index (χ3v) is 3.42. The van der Waals surface area contributed by atoms with Gasteiger partial charge in [0, 0.05) is 6.54 Å². The van der Waals surface area contributed by atoms with Crippen molar-refractivity contribution in [3.63, 3.8) is 0 Å². The number of hydrogen-bond donors (Lipinski definition) is 2. The normalized spacial score (nSPS) is 20.7. The highest BCUT2D eigenvalue weighted by atomic mass is 32.1. The first-order valence-corrected chi connectivity index (χ1v) is 5.42. The quantitative estimate of drug-likeness (QED) is 0.692. The van der Waals surface area contributed by atoms with E-state index in [1.807, 2.05) is 0 Å². The second-order valence-electron chi connectivity index (χ2n) is 4.51. The van der Waals surface area contributed by atoms with Gasteiger partial charge in [0.25, 0.3) is 0 Å². The summed E-state index contributed by atoms with van der Waals surface area (Å²) >= 11 is 4.76. The smallest absolute Gasteiger partial charge is 0.229 e.